The molecule has 0 unspecified atom stereocenters. The molecule has 1 saturated heterocycles. The number of aldehydes is 1. The van der Waals surface area contributed by atoms with Gasteiger partial charge in [0.2, 0.25) is 0 Å². The third-order valence-electron chi connectivity index (χ3n) is 9.79. The summed E-state index contributed by atoms with van der Waals surface area (Å²) < 4.78 is 20.4. The van der Waals surface area contributed by atoms with Gasteiger partial charge in [0.25, 0.3) is 2.07 Å². The minimum Gasteiger partial charge on any atom is -0.396 e. The summed E-state index contributed by atoms with van der Waals surface area (Å²) in [5, 5.41) is 73.4. The molecule has 3 aromatic heterocycles. The van der Waals surface area contributed by atoms with E-state index >= 15 is 0 Å². The first-order valence-electron chi connectivity index (χ1n) is 22.3. The van der Waals surface area contributed by atoms with Crippen molar-refractivity contribution in [2.24, 2.45) is 17.8 Å². The van der Waals surface area contributed by atoms with Crippen LogP contribution in [0.15, 0.2) is 91.4 Å². The number of hydrogen-bond donors (Lipinski definition) is 9. The van der Waals surface area contributed by atoms with E-state index < -0.39 is 7.89 Å². The molecule has 8 rings (SSSR count). The van der Waals surface area contributed by atoms with E-state index in [1.54, 1.807) is 12.4 Å². The van der Waals surface area contributed by atoms with Gasteiger partial charge < -0.3 is 35.4 Å². The molecule has 73 heavy (non-hydrogen) atoms. The summed E-state index contributed by atoms with van der Waals surface area (Å²) in [5.74, 6) is 0.540. The van der Waals surface area contributed by atoms with Gasteiger partial charge in [0.05, 0.1) is 67.1 Å². The third-order valence-corrected chi connectivity index (χ3v) is 12.0. The molecule has 7 aromatic rings. The highest BCUT2D eigenvalue weighted by Crippen LogP contribution is 2.86. The van der Waals surface area contributed by atoms with Crippen LogP contribution in [0.4, 0.5) is 4.39 Å². The molecule has 4 aromatic carbocycles. The number of alkyl halides is 2. The van der Waals surface area contributed by atoms with E-state index in [9.17, 15) is 9.18 Å². The number of ether oxygens (including phenoxy) is 1. The topological polar surface area (TPSA) is 260 Å². The number of aromatic nitrogens is 6. The van der Waals surface area contributed by atoms with Gasteiger partial charge >= 0.3 is 0 Å². The summed E-state index contributed by atoms with van der Waals surface area (Å²) in [6.45, 7) is 10.1. The van der Waals surface area contributed by atoms with Gasteiger partial charge in [-0.05, 0) is 83.2 Å². The number of halogens is 7. The molecule has 3 atom stereocenters. The predicted molar refractivity (Wildman–Crippen MR) is 317 cm³/mol. The molecule has 0 amide bonds. The number of nitrogens with zero attached hydrogens (tertiary/aromatic N) is 5. The maximum absolute atomic E-state index is 12.7. The van der Waals surface area contributed by atoms with Crippen molar-refractivity contribution in [3.63, 3.8) is 0 Å². The molecular formula is C49H71Br6FN8O8P+. The highest BCUT2D eigenvalue weighted by molar-refractivity contribution is 10.2. The molecule has 0 bridgehead atoms. The summed E-state index contributed by atoms with van der Waals surface area (Å²) in [4.78, 5) is 10.1. The van der Waals surface area contributed by atoms with Crippen molar-refractivity contribution in [1.29, 1.82) is 11.1 Å². The standard InChI is InChI=1S/C12H15BrN2O.C12H16N2O2.C8H7FO2.C8H8N2O.C4H9BrO.C4H8O.CH4.Br4P.H2N2.H2/c1-9(5-13)7-15-12-4-10(8-16)2-3-11(12)6-14-15;1-9(7-15)6-14-12-4-10(8-16)2-3-11(12)5-13-14;9-8-3-6(4-10)1-2-7(8)5-11;11-5-6-1-2-7-4-9-10-8(7)3-6;1-4(2-5)3-6;1-2-4-5-3-1;;1-5(2,3)4;1-2;/h2-4,6,9,16H,5,7-8H2,1H3;2-5,9,15-16H,6-8H2,1H3;1-3,5,10H,4H2;1-4,11H,5H2,(H,9,10);4,6H,2-3H2,1H3;1-4H2;1H4;;1-2H;1H/q;;;;;;;+1;;/t2*9-;;;4-;;;;;/m10..0...../s1. The number of aliphatic hydroxyl groups excluding tert-OH is 6. The van der Waals surface area contributed by atoms with Gasteiger partial charge in [-0.15, -0.1) is 0 Å². The number of carbonyl (C=O) groups excluding carboxylic acids is 1. The third kappa shape index (κ3) is 29.0. The molecule has 0 aliphatic carbocycles. The fourth-order valence-electron chi connectivity index (χ4n) is 5.82. The zero-order valence-corrected chi connectivity index (χ0v) is 50.6. The molecule has 4 heterocycles. The Hall–Kier alpha value is -2.48. The van der Waals surface area contributed by atoms with Crippen LogP contribution in [0.3, 0.4) is 0 Å². The van der Waals surface area contributed by atoms with E-state index in [0.717, 1.165) is 85.9 Å². The molecule has 1 aliphatic heterocycles. The van der Waals surface area contributed by atoms with Crippen LogP contribution < -0.4 is 0 Å². The Bertz CT molecular complexity index is 2450. The number of rotatable bonds is 13. The zero-order chi connectivity index (χ0) is 54.1. The van der Waals surface area contributed by atoms with Gasteiger partial charge in [-0.1, -0.05) is 103 Å². The lowest BCUT2D eigenvalue weighted by atomic mass is 10.1. The Kier molecular flexibility index (Phi) is 39.3. The SMILES string of the molecule is Br[P+](Br)(Br)Br.C.C1CCOC1.C[C@H](CBr)Cn1ncc2ccc(CO)cc21.C[C@H](CO)CBr.C[C@H](CO)Cn1ncc2ccc(CO)cc21.N=N.O=Cc1ccc(CO)cc1F.OCc1ccc2cn[nH]c2c1.[HH]. The Labute approximate surface area is 478 Å². The smallest absolute Gasteiger partial charge is 0.287 e. The van der Waals surface area contributed by atoms with Crippen molar-refractivity contribution in [3.8, 4) is 0 Å². The van der Waals surface area contributed by atoms with Crippen molar-refractivity contribution in [2.45, 2.75) is 80.6 Å². The van der Waals surface area contributed by atoms with E-state index in [4.69, 9.17) is 46.4 Å². The molecule has 0 spiro atoms. The molecule has 16 nitrogen and oxygen atoms in total. The van der Waals surface area contributed by atoms with Crippen molar-refractivity contribution >= 4 is 135 Å². The van der Waals surface area contributed by atoms with Crippen LogP contribution in [0.5, 0.6) is 0 Å². The van der Waals surface area contributed by atoms with Crippen LogP contribution >= 0.6 is 95.9 Å². The number of carbonyl (C=O) groups is 1. The Morgan fingerprint density at radius 3 is 1.45 bits per heavy atom. The molecule has 408 valence electrons. The van der Waals surface area contributed by atoms with Gasteiger partial charge in [0.1, 0.15) is 5.82 Å². The molecule has 1 fully saturated rings. The normalized spacial score (nSPS) is 12.5. The number of aromatic amines is 1. The van der Waals surface area contributed by atoms with Crippen molar-refractivity contribution in [1.82, 2.24) is 29.8 Å². The van der Waals surface area contributed by atoms with Crippen LogP contribution in [0.2, 0.25) is 0 Å². The second-order valence-electron chi connectivity index (χ2n) is 16.0. The van der Waals surface area contributed by atoms with Crippen molar-refractivity contribution < 1.29 is 46.0 Å². The second kappa shape index (κ2) is 40.7. The summed E-state index contributed by atoms with van der Waals surface area (Å²) in [6.07, 6.45) is 8.44. The molecule has 0 radical (unpaired) electrons. The van der Waals surface area contributed by atoms with Crippen LogP contribution in [0.25, 0.3) is 32.7 Å². The molecule has 0 saturated carbocycles. The number of fused-ring (bicyclic) bond motifs is 3. The van der Waals surface area contributed by atoms with E-state index in [1.807, 2.05) is 84.0 Å². The average Bonchev–Trinajstić information content (AvgIpc) is 4.26. The van der Waals surface area contributed by atoms with Crippen LogP contribution in [-0.4, -0.2) is 104 Å². The predicted octanol–water partition coefficient (Wildman–Crippen LogP) is 13.4. The van der Waals surface area contributed by atoms with E-state index in [0.29, 0.717) is 30.2 Å². The van der Waals surface area contributed by atoms with Gasteiger partial charge in [-0.2, -0.15) is 15.3 Å². The van der Waals surface area contributed by atoms with Gasteiger partial charge in [-0.3, -0.25) is 19.3 Å². The Balaban J connectivity index is 0. The fourth-order valence-corrected chi connectivity index (χ4v) is 6.23. The first-order chi connectivity index (χ1) is 34.5. The lowest BCUT2D eigenvalue weighted by Gasteiger charge is -2.09. The first-order valence-corrected chi connectivity index (χ1v) is 34.4. The summed E-state index contributed by atoms with van der Waals surface area (Å²) >= 11 is 19.6. The Morgan fingerprint density at radius 2 is 1.08 bits per heavy atom. The van der Waals surface area contributed by atoms with Gasteiger partial charge in [0, 0.05) is 67.8 Å². The van der Waals surface area contributed by atoms with Crippen LogP contribution in [0.1, 0.15) is 75.1 Å². The minimum atomic E-state index is -1.14. The van der Waals surface area contributed by atoms with Crippen molar-refractivity contribution in [3.05, 3.63) is 125 Å². The number of aliphatic hydroxyl groups is 6. The first kappa shape index (κ1) is 70.5. The van der Waals surface area contributed by atoms with E-state index in [2.05, 4.69) is 121 Å². The van der Waals surface area contributed by atoms with Crippen molar-refractivity contribution in [2.75, 3.05) is 37.1 Å². The number of benzene rings is 4. The van der Waals surface area contributed by atoms with Gasteiger partial charge in [0.15, 0.2) is 68.2 Å². The summed E-state index contributed by atoms with van der Waals surface area (Å²) in [6, 6.07) is 21.4. The second-order valence-corrected chi connectivity index (χ2v) is 48.0. The largest absolute Gasteiger partial charge is 0.396 e. The summed E-state index contributed by atoms with van der Waals surface area (Å²) in [7, 11) is 0. The maximum atomic E-state index is 12.7. The summed E-state index contributed by atoms with van der Waals surface area (Å²) in [5.41, 5.74) is 16.3. The highest BCUT2D eigenvalue weighted by Gasteiger charge is 2.24. The van der Waals surface area contributed by atoms with E-state index in [1.165, 1.54) is 25.0 Å². The van der Waals surface area contributed by atoms with Crippen LogP contribution in [-0.2, 0) is 44.3 Å². The number of H-pyrrole nitrogens is 1. The quantitative estimate of drug-likeness (QED) is 0.0227. The van der Waals surface area contributed by atoms with E-state index in [-0.39, 0.29) is 60.0 Å². The average molecular weight is 1430 g/mol. The fraction of sp³-hybridized carbons (Fsp3) is 0.429. The highest BCUT2D eigenvalue weighted by atomic mass is 80.0. The maximum Gasteiger partial charge on any atom is 0.287 e. The number of hydrogen-bond acceptors (Lipinski definition) is 13. The molecule has 24 heteroatoms. The molecule has 9 N–H and O–H groups in total. The lowest BCUT2D eigenvalue weighted by Crippen LogP contribution is -2.12. The Morgan fingerprint density at radius 1 is 0.671 bits per heavy atom. The van der Waals surface area contributed by atoms with Gasteiger partial charge in [-0.25, -0.2) is 15.5 Å². The zero-order valence-electron chi connectivity index (χ0n) is 40.2. The van der Waals surface area contributed by atoms with Crippen LogP contribution in [0, 0.1) is 34.6 Å². The minimum absolute atomic E-state index is 0. The lowest BCUT2D eigenvalue weighted by molar-refractivity contribution is 0.111. The molecule has 1 aliphatic rings. The monoisotopic (exact) mass is 1420 g/mol. The molecular weight excluding hydrogens is 1360 g/mol. The number of nitrogens with one attached hydrogen (secondary N) is 3.